The predicted molar refractivity (Wildman–Crippen MR) is 90.7 cm³/mol. The maximum atomic E-state index is 12.1. The highest BCUT2D eigenvalue weighted by Gasteiger charge is 2.12. The molecule has 0 fully saturated rings. The molecule has 0 radical (unpaired) electrons. The van der Waals surface area contributed by atoms with Crippen LogP contribution in [0.4, 0.5) is 0 Å². The molecule has 0 unspecified atom stereocenters. The van der Waals surface area contributed by atoms with E-state index in [0.29, 0.717) is 16.4 Å². The summed E-state index contributed by atoms with van der Waals surface area (Å²) in [5.41, 5.74) is 1.00. The Morgan fingerprint density at radius 3 is 2.62 bits per heavy atom. The van der Waals surface area contributed by atoms with Crippen molar-refractivity contribution in [3.05, 3.63) is 81.5 Å². The van der Waals surface area contributed by atoms with Crippen LogP contribution in [0.5, 0.6) is 0 Å². The van der Waals surface area contributed by atoms with Crippen molar-refractivity contribution in [1.82, 2.24) is 20.3 Å². The molecule has 6 nitrogen and oxygen atoms in total. The van der Waals surface area contributed by atoms with Gasteiger partial charge in [0.25, 0.3) is 11.5 Å². The van der Waals surface area contributed by atoms with Crippen molar-refractivity contribution in [2.45, 2.75) is 6.54 Å². The molecule has 3 aromatic rings. The number of H-pyrrole nitrogens is 1. The molecule has 0 saturated heterocycles. The Morgan fingerprint density at radius 1 is 1.17 bits per heavy atom. The van der Waals surface area contributed by atoms with E-state index in [1.54, 1.807) is 42.7 Å². The third-order valence-electron chi connectivity index (χ3n) is 3.34. The number of carbonyl (C=O) groups excluding carboxylic acids is 1. The number of halogens is 1. The maximum Gasteiger partial charge on any atom is 0.264 e. The lowest BCUT2D eigenvalue weighted by Gasteiger charge is -2.05. The number of aromatic nitrogens is 3. The van der Waals surface area contributed by atoms with E-state index in [0.717, 1.165) is 5.56 Å². The molecule has 24 heavy (non-hydrogen) atoms. The molecule has 1 aromatic carbocycles. The normalized spacial score (nSPS) is 10.4. The summed E-state index contributed by atoms with van der Waals surface area (Å²) in [6.07, 6.45) is 4.56. The zero-order valence-electron chi connectivity index (χ0n) is 12.5. The molecular formula is C17H13ClN4O2. The van der Waals surface area contributed by atoms with Crippen LogP contribution in [0.15, 0.2) is 59.8 Å². The summed E-state index contributed by atoms with van der Waals surface area (Å²) in [5.74, 6) is -0.115. The molecule has 0 aliphatic carbocycles. The van der Waals surface area contributed by atoms with Gasteiger partial charge in [0, 0.05) is 35.7 Å². The van der Waals surface area contributed by atoms with Crippen molar-refractivity contribution in [2.75, 3.05) is 0 Å². The molecule has 1 amide bonds. The third kappa shape index (κ3) is 3.67. The molecule has 2 N–H and O–H groups in total. The summed E-state index contributed by atoms with van der Waals surface area (Å²) in [7, 11) is 0. The first-order chi connectivity index (χ1) is 11.6. The largest absolute Gasteiger partial charge is 0.348 e. The monoisotopic (exact) mass is 340 g/mol. The minimum absolute atomic E-state index is 0.0448. The average Bonchev–Trinajstić information content (AvgIpc) is 2.61. The minimum Gasteiger partial charge on any atom is -0.348 e. The van der Waals surface area contributed by atoms with Gasteiger partial charge in [0.1, 0.15) is 11.4 Å². The number of hydrogen-bond acceptors (Lipinski definition) is 4. The second-order valence-electron chi connectivity index (χ2n) is 5.03. The molecule has 0 atom stereocenters. The zero-order chi connectivity index (χ0) is 16.9. The topological polar surface area (TPSA) is 87.7 Å². The van der Waals surface area contributed by atoms with Crippen molar-refractivity contribution < 1.29 is 4.79 Å². The lowest BCUT2D eigenvalue weighted by atomic mass is 10.2. The summed E-state index contributed by atoms with van der Waals surface area (Å²) in [5, 5.41) is 3.26. The van der Waals surface area contributed by atoms with Crippen LogP contribution in [0.2, 0.25) is 5.02 Å². The fourth-order valence-corrected chi connectivity index (χ4v) is 2.22. The molecule has 120 valence electrons. The Morgan fingerprint density at radius 2 is 1.96 bits per heavy atom. The summed E-state index contributed by atoms with van der Waals surface area (Å²) in [6.45, 7) is 0.283. The number of rotatable bonds is 4. The van der Waals surface area contributed by atoms with E-state index in [2.05, 4.69) is 20.3 Å². The number of amides is 1. The summed E-state index contributed by atoms with van der Waals surface area (Å²) in [6, 6.07) is 10.5. The number of benzene rings is 1. The van der Waals surface area contributed by atoms with Crippen LogP contribution in [0.3, 0.4) is 0 Å². The van der Waals surface area contributed by atoms with Crippen molar-refractivity contribution in [2.24, 2.45) is 0 Å². The Labute approximate surface area is 142 Å². The van der Waals surface area contributed by atoms with Gasteiger partial charge in [-0.05, 0) is 35.9 Å². The Hall–Kier alpha value is -2.99. The SMILES string of the molecule is O=C(NCc1cccnc1)c1cnc(-c2ccc(Cl)cc2)[nH]c1=O. The van der Waals surface area contributed by atoms with E-state index < -0.39 is 11.5 Å². The van der Waals surface area contributed by atoms with Gasteiger partial charge < -0.3 is 10.3 Å². The number of pyridine rings is 1. The van der Waals surface area contributed by atoms with E-state index in [-0.39, 0.29) is 12.1 Å². The van der Waals surface area contributed by atoms with E-state index in [4.69, 9.17) is 11.6 Å². The summed E-state index contributed by atoms with van der Waals surface area (Å²) < 4.78 is 0. The van der Waals surface area contributed by atoms with Crippen LogP contribution < -0.4 is 10.9 Å². The lowest BCUT2D eigenvalue weighted by molar-refractivity contribution is 0.0949. The van der Waals surface area contributed by atoms with Crippen LogP contribution >= 0.6 is 11.6 Å². The van der Waals surface area contributed by atoms with Gasteiger partial charge in [-0.2, -0.15) is 0 Å². The van der Waals surface area contributed by atoms with Crippen LogP contribution in [0.1, 0.15) is 15.9 Å². The third-order valence-corrected chi connectivity index (χ3v) is 3.59. The fraction of sp³-hybridized carbons (Fsp3) is 0.0588. The van der Waals surface area contributed by atoms with Gasteiger partial charge in [-0.1, -0.05) is 17.7 Å². The number of carbonyl (C=O) groups is 1. The molecular weight excluding hydrogens is 328 g/mol. The highest BCUT2D eigenvalue weighted by molar-refractivity contribution is 6.30. The molecule has 7 heteroatoms. The van der Waals surface area contributed by atoms with E-state index >= 15 is 0 Å². The Bertz CT molecular complexity index is 908. The Kier molecular flexibility index (Phi) is 4.67. The van der Waals surface area contributed by atoms with Gasteiger partial charge in [-0.15, -0.1) is 0 Å². The maximum absolute atomic E-state index is 12.1. The van der Waals surface area contributed by atoms with Gasteiger partial charge in [-0.25, -0.2) is 4.98 Å². The first kappa shape index (κ1) is 15.9. The minimum atomic E-state index is -0.501. The second kappa shape index (κ2) is 7.06. The van der Waals surface area contributed by atoms with Gasteiger partial charge in [0.2, 0.25) is 0 Å². The predicted octanol–water partition coefficient (Wildman–Crippen LogP) is 2.42. The molecule has 0 bridgehead atoms. The Balaban J connectivity index is 1.76. The molecule has 0 saturated carbocycles. The number of nitrogens with one attached hydrogen (secondary N) is 2. The molecule has 2 aromatic heterocycles. The summed E-state index contributed by atoms with van der Waals surface area (Å²) >= 11 is 5.83. The van der Waals surface area contributed by atoms with Crippen LogP contribution in [-0.4, -0.2) is 20.9 Å². The van der Waals surface area contributed by atoms with E-state index in [1.807, 2.05) is 6.07 Å². The second-order valence-corrected chi connectivity index (χ2v) is 5.46. The molecule has 3 rings (SSSR count). The van der Waals surface area contributed by atoms with E-state index in [1.165, 1.54) is 6.20 Å². The van der Waals surface area contributed by atoms with Crippen LogP contribution in [0, 0.1) is 0 Å². The molecule has 0 spiro atoms. The van der Waals surface area contributed by atoms with Crippen molar-refractivity contribution >= 4 is 17.5 Å². The smallest absolute Gasteiger partial charge is 0.264 e. The molecule has 0 aliphatic rings. The first-order valence-electron chi connectivity index (χ1n) is 7.16. The average molecular weight is 341 g/mol. The standard InChI is InChI=1S/C17H13ClN4O2/c18-13-5-3-12(4-6-13)15-20-10-14(17(24)22-15)16(23)21-9-11-2-1-7-19-8-11/h1-8,10H,9H2,(H,21,23)(H,20,22,24). The lowest BCUT2D eigenvalue weighted by Crippen LogP contribution is -2.29. The van der Waals surface area contributed by atoms with E-state index in [9.17, 15) is 9.59 Å². The highest BCUT2D eigenvalue weighted by atomic mass is 35.5. The number of hydrogen-bond donors (Lipinski definition) is 2. The van der Waals surface area contributed by atoms with Gasteiger partial charge in [-0.3, -0.25) is 14.6 Å². The quantitative estimate of drug-likeness (QED) is 0.763. The summed E-state index contributed by atoms with van der Waals surface area (Å²) in [4.78, 5) is 35.0. The fourth-order valence-electron chi connectivity index (χ4n) is 2.09. The zero-order valence-corrected chi connectivity index (χ0v) is 13.2. The molecule has 0 aliphatic heterocycles. The van der Waals surface area contributed by atoms with Gasteiger partial charge in [0.05, 0.1) is 0 Å². The van der Waals surface area contributed by atoms with Crippen LogP contribution in [0.25, 0.3) is 11.4 Å². The highest BCUT2D eigenvalue weighted by Crippen LogP contribution is 2.16. The van der Waals surface area contributed by atoms with Crippen molar-refractivity contribution in [3.63, 3.8) is 0 Å². The van der Waals surface area contributed by atoms with Crippen LogP contribution in [-0.2, 0) is 6.54 Å². The first-order valence-corrected chi connectivity index (χ1v) is 7.53. The number of aromatic amines is 1. The number of nitrogens with zero attached hydrogens (tertiary/aromatic N) is 2. The van der Waals surface area contributed by atoms with Crippen molar-refractivity contribution in [3.8, 4) is 11.4 Å². The van der Waals surface area contributed by atoms with Gasteiger partial charge in [0.15, 0.2) is 0 Å². The van der Waals surface area contributed by atoms with Gasteiger partial charge >= 0.3 is 0 Å². The van der Waals surface area contributed by atoms with Crippen molar-refractivity contribution in [1.29, 1.82) is 0 Å². The molecule has 2 heterocycles.